The van der Waals surface area contributed by atoms with Gasteiger partial charge in [-0.3, -0.25) is 0 Å². The van der Waals surface area contributed by atoms with E-state index in [1.165, 1.54) is 12.1 Å². The highest BCUT2D eigenvalue weighted by Crippen LogP contribution is 2.41. The van der Waals surface area contributed by atoms with Crippen molar-refractivity contribution in [1.82, 2.24) is 10.2 Å². The highest BCUT2D eigenvalue weighted by molar-refractivity contribution is 5.75. The molecule has 0 aromatic heterocycles. The molecule has 28 heavy (non-hydrogen) atoms. The number of likely N-dealkylation sites (tertiary alicyclic amines) is 1. The van der Waals surface area contributed by atoms with Gasteiger partial charge in [-0.2, -0.15) is 13.2 Å². The molecule has 2 aliphatic heterocycles. The van der Waals surface area contributed by atoms with Crippen molar-refractivity contribution >= 4 is 11.7 Å². The molecule has 1 aromatic rings. The van der Waals surface area contributed by atoms with Gasteiger partial charge in [0.2, 0.25) is 0 Å². The number of urea groups is 1. The molecule has 1 unspecified atom stereocenters. The maximum Gasteiger partial charge on any atom is 0.416 e. The third-order valence-electron chi connectivity index (χ3n) is 6.49. The molecular formula is C20H25F4N3O. The van der Waals surface area contributed by atoms with E-state index in [4.69, 9.17) is 0 Å². The highest BCUT2D eigenvalue weighted by atomic mass is 19.4. The molecule has 1 saturated carbocycles. The molecule has 1 aromatic carbocycles. The van der Waals surface area contributed by atoms with Crippen molar-refractivity contribution < 1.29 is 22.4 Å². The van der Waals surface area contributed by atoms with Gasteiger partial charge in [0.15, 0.2) is 0 Å². The number of nitrogens with one attached hydrogen (secondary N) is 1. The fourth-order valence-corrected chi connectivity index (χ4v) is 5.02. The van der Waals surface area contributed by atoms with Gasteiger partial charge in [0.1, 0.15) is 6.17 Å². The van der Waals surface area contributed by atoms with E-state index in [1.807, 2.05) is 11.8 Å². The van der Waals surface area contributed by atoms with Crippen LogP contribution < -0.4 is 10.2 Å². The minimum atomic E-state index is -4.36. The molecule has 0 radical (unpaired) electrons. The molecule has 1 N–H and O–H groups in total. The first kappa shape index (κ1) is 19.3. The number of halogens is 4. The topological polar surface area (TPSA) is 35.6 Å². The van der Waals surface area contributed by atoms with Gasteiger partial charge in [0, 0.05) is 43.2 Å². The van der Waals surface area contributed by atoms with Gasteiger partial charge in [-0.15, -0.1) is 0 Å². The molecule has 4 nitrogen and oxygen atoms in total. The number of carbonyl (C=O) groups excluding carboxylic acids is 1. The zero-order valence-electron chi connectivity index (χ0n) is 15.8. The quantitative estimate of drug-likeness (QED) is 0.762. The molecule has 8 heteroatoms. The van der Waals surface area contributed by atoms with Crippen LogP contribution in [0.1, 0.15) is 31.7 Å². The van der Waals surface area contributed by atoms with Crippen molar-refractivity contribution in [1.29, 1.82) is 0 Å². The Kier molecular flexibility index (Phi) is 4.91. The third kappa shape index (κ3) is 3.65. The van der Waals surface area contributed by atoms with Crippen molar-refractivity contribution in [2.24, 2.45) is 11.8 Å². The Morgan fingerprint density at radius 2 is 1.96 bits per heavy atom. The number of amides is 2. The fourth-order valence-electron chi connectivity index (χ4n) is 5.02. The molecule has 3 aliphatic rings. The maximum absolute atomic E-state index is 13.6. The van der Waals surface area contributed by atoms with Gasteiger partial charge in [0.25, 0.3) is 0 Å². The lowest BCUT2D eigenvalue weighted by Gasteiger charge is -2.27. The summed E-state index contributed by atoms with van der Waals surface area (Å²) in [6.07, 6.45) is -3.17. The highest BCUT2D eigenvalue weighted by Gasteiger charge is 2.44. The summed E-state index contributed by atoms with van der Waals surface area (Å²) in [6, 6.07) is 5.07. The fraction of sp³-hybridized carbons (Fsp3) is 0.650. The number of anilines is 1. The van der Waals surface area contributed by atoms with Gasteiger partial charge in [-0.05, 0) is 43.9 Å². The van der Waals surface area contributed by atoms with Crippen LogP contribution in [-0.2, 0) is 6.18 Å². The SMILES string of the molecule is CC1C[C@@H](F)CN1C(=O)N[C@H]1CC[C@@H]2CN(c3cccc(C(F)(F)F)c3)C[C@@H]21. The Hall–Kier alpha value is -1.99. The average Bonchev–Trinajstić information content (AvgIpc) is 3.30. The van der Waals surface area contributed by atoms with Gasteiger partial charge in [-0.25, -0.2) is 9.18 Å². The number of hydrogen-bond acceptors (Lipinski definition) is 2. The predicted molar refractivity (Wildman–Crippen MR) is 97.9 cm³/mol. The van der Waals surface area contributed by atoms with Crippen LogP contribution in [0.5, 0.6) is 0 Å². The van der Waals surface area contributed by atoms with E-state index < -0.39 is 17.9 Å². The van der Waals surface area contributed by atoms with E-state index in [2.05, 4.69) is 5.32 Å². The predicted octanol–water partition coefficient (Wildman–Crippen LogP) is 4.06. The van der Waals surface area contributed by atoms with Gasteiger partial charge in [-0.1, -0.05) is 6.07 Å². The van der Waals surface area contributed by atoms with Crippen molar-refractivity contribution in [2.45, 2.75) is 50.6 Å². The zero-order chi connectivity index (χ0) is 20.1. The molecule has 2 amide bonds. The lowest BCUT2D eigenvalue weighted by atomic mass is 9.98. The first-order valence-corrected chi connectivity index (χ1v) is 9.86. The summed E-state index contributed by atoms with van der Waals surface area (Å²) in [5.41, 5.74) is -0.0709. The van der Waals surface area contributed by atoms with E-state index in [1.54, 1.807) is 11.0 Å². The van der Waals surface area contributed by atoms with Crippen LogP contribution in [0, 0.1) is 11.8 Å². The van der Waals surface area contributed by atoms with E-state index in [0.717, 1.165) is 18.9 Å². The molecular weight excluding hydrogens is 374 g/mol. The number of carbonyl (C=O) groups is 1. The van der Waals surface area contributed by atoms with Crippen LogP contribution in [-0.4, -0.2) is 48.8 Å². The summed E-state index contributed by atoms with van der Waals surface area (Å²) >= 11 is 0. The Bertz CT molecular complexity index is 740. The van der Waals surface area contributed by atoms with Crippen molar-refractivity contribution in [3.8, 4) is 0 Å². The lowest BCUT2D eigenvalue weighted by molar-refractivity contribution is -0.137. The van der Waals surface area contributed by atoms with Crippen LogP contribution in [0.15, 0.2) is 24.3 Å². The maximum atomic E-state index is 13.6. The second-order valence-corrected chi connectivity index (χ2v) is 8.34. The lowest BCUT2D eigenvalue weighted by Crippen LogP contribution is -2.48. The number of rotatable bonds is 2. The number of alkyl halides is 4. The molecule has 2 saturated heterocycles. The van der Waals surface area contributed by atoms with Crippen LogP contribution in [0.25, 0.3) is 0 Å². The van der Waals surface area contributed by atoms with E-state index in [-0.39, 0.29) is 30.6 Å². The second-order valence-electron chi connectivity index (χ2n) is 8.34. The number of hydrogen-bond donors (Lipinski definition) is 1. The molecule has 1 aliphatic carbocycles. The summed E-state index contributed by atoms with van der Waals surface area (Å²) in [7, 11) is 0. The molecule has 0 bridgehead atoms. The summed E-state index contributed by atoms with van der Waals surface area (Å²) < 4.78 is 52.6. The zero-order valence-corrected chi connectivity index (χ0v) is 15.8. The molecule has 0 spiro atoms. The average molecular weight is 399 g/mol. The summed E-state index contributed by atoms with van der Waals surface area (Å²) in [5, 5.41) is 3.06. The molecule has 4 rings (SSSR count). The smallest absolute Gasteiger partial charge is 0.371 e. The standard InChI is InChI=1S/C20H25F4N3O/c1-12-7-15(21)10-27(12)19(28)25-18-6-5-13-9-26(11-17(13)18)16-4-2-3-14(8-16)20(22,23)24/h2-4,8,12-13,15,17-18H,5-7,9-11H2,1H3,(H,25,28)/t12?,13-,15-,17+,18+/m1/s1. The van der Waals surface area contributed by atoms with Crippen LogP contribution in [0.2, 0.25) is 0 Å². The van der Waals surface area contributed by atoms with Crippen LogP contribution >= 0.6 is 0 Å². The first-order chi connectivity index (χ1) is 13.2. The Balaban J connectivity index is 1.41. The number of nitrogens with zero attached hydrogens (tertiary/aromatic N) is 2. The minimum Gasteiger partial charge on any atom is -0.371 e. The van der Waals surface area contributed by atoms with Gasteiger partial charge >= 0.3 is 12.2 Å². The van der Waals surface area contributed by atoms with E-state index in [0.29, 0.717) is 31.1 Å². The van der Waals surface area contributed by atoms with Crippen molar-refractivity contribution in [2.75, 3.05) is 24.5 Å². The van der Waals surface area contributed by atoms with Crippen LogP contribution in [0.3, 0.4) is 0 Å². The van der Waals surface area contributed by atoms with E-state index >= 15 is 0 Å². The normalized spacial score (nSPS) is 32.7. The number of benzene rings is 1. The summed E-state index contributed by atoms with van der Waals surface area (Å²) in [4.78, 5) is 16.1. The largest absolute Gasteiger partial charge is 0.416 e. The number of fused-ring (bicyclic) bond motifs is 1. The summed E-state index contributed by atoms with van der Waals surface area (Å²) in [6.45, 7) is 3.30. The van der Waals surface area contributed by atoms with Gasteiger partial charge < -0.3 is 15.1 Å². The van der Waals surface area contributed by atoms with Gasteiger partial charge in [0.05, 0.1) is 12.1 Å². The minimum absolute atomic E-state index is 0.0147. The Labute approximate surface area is 161 Å². The molecule has 5 atom stereocenters. The van der Waals surface area contributed by atoms with Crippen LogP contribution in [0.4, 0.5) is 28.0 Å². The van der Waals surface area contributed by atoms with Crippen molar-refractivity contribution in [3.05, 3.63) is 29.8 Å². The summed E-state index contributed by atoms with van der Waals surface area (Å²) in [5.74, 6) is 0.558. The second kappa shape index (κ2) is 7.12. The van der Waals surface area contributed by atoms with E-state index in [9.17, 15) is 22.4 Å². The molecule has 2 heterocycles. The monoisotopic (exact) mass is 399 g/mol. The third-order valence-corrected chi connectivity index (χ3v) is 6.49. The van der Waals surface area contributed by atoms with Crippen molar-refractivity contribution in [3.63, 3.8) is 0 Å². The molecule has 154 valence electrons. The first-order valence-electron chi connectivity index (χ1n) is 9.86. The Morgan fingerprint density at radius 1 is 1.18 bits per heavy atom. The Morgan fingerprint density at radius 3 is 2.64 bits per heavy atom. The molecule has 3 fully saturated rings.